The molecule has 1 aliphatic carbocycles. The molecule has 4 aliphatic rings. The zero-order chi connectivity index (χ0) is 35.7. The minimum absolute atomic E-state index is 0.0293. The van der Waals surface area contributed by atoms with Crippen molar-refractivity contribution in [3.63, 3.8) is 0 Å². The molecule has 4 rings (SSSR count). The van der Waals surface area contributed by atoms with Gasteiger partial charge in [0.15, 0.2) is 17.7 Å². The maximum absolute atomic E-state index is 14.2. The van der Waals surface area contributed by atoms with E-state index in [0.717, 1.165) is 6.42 Å². The molecule has 276 valence electrons. The normalized spacial score (nSPS) is 46.2. The highest BCUT2D eigenvalue weighted by Crippen LogP contribution is 2.38. The van der Waals surface area contributed by atoms with Gasteiger partial charge in [-0.1, -0.05) is 27.7 Å². The van der Waals surface area contributed by atoms with E-state index >= 15 is 0 Å². The molecular weight excluding hydrogens is 620 g/mol. The first kappa shape index (κ1) is 38.9. The van der Waals surface area contributed by atoms with E-state index < -0.39 is 65.7 Å². The summed E-state index contributed by atoms with van der Waals surface area (Å²) in [6.45, 7) is 16.2. The number of esters is 1. The summed E-state index contributed by atoms with van der Waals surface area (Å²) in [6.07, 6.45) is -1.87. The lowest BCUT2D eigenvalue weighted by molar-refractivity contribution is -0.297. The Labute approximate surface area is 286 Å². The van der Waals surface area contributed by atoms with Crippen LogP contribution >= 0.6 is 0 Å². The summed E-state index contributed by atoms with van der Waals surface area (Å²) in [4.78, 5) is 42.3. The lowest BCUT2D eigenvalue weighted by Gasteiger charge is -2.47. The fourth-order valence-electron chi connectivity index (χ4n) is 8.04. The van der Waals surface area contributed by atoms with Crippen LogP contribution in [0.15, 0.2) is 0 Å². The van der Waals surface area contributed by atoms with E-state index in [0.29, 0.717) is 44.3 Å². The number of nitrogens with zero attached hydrogens (tertiary/aromatic N) is 1. The van der Waals surface area contributed by atoms with Gasteiger partial charge in [0.2, 0.25) is 0 Å². The fourth-order valence-corrected chi connectivity index (χ4v) is 8.04. The molecule has 15 atom stereocenters. The van der Waals surface area contributed by atoms with Crippen molar-refractivity contribution in [1.29, 1.82) is 0 Å². The lowest BCUT2D eigenvalue weighted by atomic mass is 9.78. The molecule has 3 heterocycles. The average molecular weight is 683 g/mol. The molecule has 0 aromatic carbocycles. The number of cyclic esters (lactones) is 1. The van der Waals surface area contributed by atoms with Gasteiger partial charge in [-0.2, -0.15) is 0 Å². The van der Waals surface area contributed by atoms with Gasteiger partial charge in [0.1, 0.15) is 18.1 Å². The molecule has 3 saturated heterocycles. The number of Topliss-reactive ketones (excluding diaryl/α,β-unsaturated/α-hetero) is 1. The van der Waals surface area contributed by atoms with Gasteiger partial charge in [-0.15, -0.1) is 0 Å². The van der Waals surface area contributed by atoms with E-state index in [2.05, 4.69) is 29.8 Å². The molecule has 13 nitrogen and oxygen atoms in total. The van der Waals surface area contributed by atoms with Gasteiger partial charge in [-0.05, 0) is 85.9 Å². The topological polar surface area (TPSA) is 157 Å². The van der Waals surface area contributed by atoms with Gasteiger partial charge < -0.3 is 49.6 Å². The molecule has 4 N–H and O–H groups in total. The van der Waals surface area contributed by atoms with Gasteiger partial charge in [0.05, 0.1) is 23.9 Å². The van der Waals surface area contributed by atoms with E-state index in [-0.39, 0.29) is 29.9 Å². The van der Waals surface area contributed by atoms with Crippen LogP contribution < -0.4 is 16.0 Å². The lowest BCUT2D eigenvalue weighted by Crippen LogP contribution is -2.60. The quantitative estimate of drug-likeness (QED) is 0.219. The number of fused-ring (bicyclic) bond motifs is 1. The number of rotatable bonds is 8. The number of alkyl carbamates (subject to hydrolysis) is 1. The SMILES string of the molecule is CC[C@H]1OC(=O)C(C)C(=O)[C@H](C)[C@@H](OC2OC(CN[C@@H]3CC3C)CC(N(C)C)C2O)[C@](C)(OC)C[C@@H](C)CN[C@H](C)[C@H]2NC(=O)O[C@@]21C. The van der Waals surface area contributed by atoms with Gasteiger partial charge in [-0.3, -0.25) is 9.59 Å². The van der Waals surface area contributed by atoms with Gasteiger partial charge in [-0.25, -0.2) is 4.79 Å². The summed E-state index contributed by atoms with van der Waals surface area (Å²) < 4.78 is 31.1. The monoisotopic (exact) mass is 682 g/mol. The predicted octanol–water partition coefficient (Wildman–Crippen LogP) is 2.23. The summed E-state index contributed by atoms with van der Waals surface area (Å²) in [5.74, 6) is -2.40. The number of ketones is 1. The van der Waals surface area contributed by atoms with Crippen molar-refractivity contribution in [3.8, 4) is 0 Å². The second-order valence-corrected chi connectivity index (χ2v) is 15.6. The highest BCUT2D eigenvalue weighted by molar-refractivity contribution is 6.00. The maximum atomic E-state index is 14.2. The molecule has 0 spiro atoms. The van der Waals surface area contributed by atoms with Crippen molar-refractivity contribution in [2.75, 3.05) is 34.3 Å². The zero-order valence-corrected chi connectivity index (χ0v) is 30.9. The molecule has 13 heteroatoms. The summed E-state index contributed by atoms with van der Waals surface area (Å²) in [6, 6.07) is -0.497. The van der Waals surface area contributed by atoms with E-state index in [9.17, 15) is 19.5 Å². The van der Waals surface area contributed by atoms with Crippen molar-refractivity contribution in [3.05, 3.63) is 0 Å². The van der Waals surface area contributed by atoms with Crippen molar-refractivity contribution < 1.29 is 43.2 Å². The fraction of sp³-hybridized carbons (Fsp3) is 0.914. The number of nitrogens with one attached hydrogen (secondary N) is 3. The Hall–Kier alpha value is -1.87. The Kier molecular flexibility index (Phi) is 12.6. The van der Waals surface area contributed by atoms with Crippen LogP contribution in [-0.2, 0) is 33.3 Å². The third-order valence-corrected chi connectivity index (χ3v) is 11.4. The smallest absolute Gasteiger partial charge is 0.408 e. The summed E-state index contributed by atoms with van der Waals surface area (Å²) in [5.41, 5.74) is -2.17. The molecular formula is C35H62N4O9. The van der Waals surface area contributed by atoms with Crippen LogP contribution in [-0.4, -0.2) is 128 Å². The number of carbonyl (C=O) groups is 3. The van der Waals surface area contributed by atoms with Crippen LogP contribution in [0.25, 0.3) is 0 Å². The van der Waals surface area contributed by atoms with E-state index in [1.165, 1.54) is 6.92 Å². The molecule has 6 unspecified atom stereocenters. The van der Waals surface area contributed by atoms with Crippen molar-refractivity contribution >= 4 is 17.8 Å². The van der Waals surface area contributed by atoms with E-state index in [4.69, 9.17) is 23.7 Å². The first-order valence-electron chi connectivity index (χ1n) is 17.9. The van der Waals surface area contributed by atoms with Crippen LogP contribution in [0.3, 0.4) is 0 Å². The number of methoxy groups -OCH3 is 1. The van der Waals surface area contributed by atoms with Gasteiger partial charge >= 0.3 is 12.1 Å². The summed E-state index contributed by atoms with van der Waals surface area (Å²) in [5, 5.41) is 21.6. The molecule has 0 aromatic rings. The molecule has 0 bridgehead atoms. The maximum Gasteiger partial charge on any atom is 0.408 e. The van der Waals surface area contributed by atoms with Crippen molar-refractivity contribution in [2.45, 2.75) is 147 Å². The highest BCUT2D eigenvalue weighted by atomic mass is 16.7. The van der Waals surface area contributed by atoms with Crippen LogP contribution in [0.4, 0.5) is 4.79 Å². The summed E-state index contributed by atoms with van der Waals surface area (Å²) in [7, 11) is 5.45. The molecule has 48 heavy (non-hydrogen) atoms. The van der Waals surface area contributed by atoms with E-state index in [1.54, 1.807) is 21.0 Å². The average Bonchev–Trinajstić information content (AvgIpc) is 3.66. The molecule has 1 saturated carbocycles. The Morgan fingerprint density at radius 3 is 2.33 bits per heavy atom. The molecule has 0 radical (unpaired) electrons. The number of aliphatic hydroxyl groups excluding tert-OH is 1. The van der Waals surface area contributed by atoms with Crippen LogP contribution in [0.1, 0.15) is 81.1 Å². The minimum atomic E-state index is -1.15. The number of carbonyl (C=O) groups excluding carboxylic acids is 3. The molecule has 0 aromatic heterocycles. The Morgan fingerprint density at radius 1 is 1.08 bits per heavy atom. The van der Waals surface area contributed by atoms with Crippen molar-refractivity contribution in [2.24, 2.45) is 23.7 Å². The number of likely N-dealkylation sites (N-methyl/N-ethyl adjacent to an activating group) is 1. The van der Waals surface area contributed by atoms with Gasteiger partial charge in [0.25, 0.3) is 0 Å². The van der Waals surface area contributed by atoms with Crippen LogP contribution in [0, 0.1) is 23.7 Å². The first-order valence-corrected chi connectivity index (χ1v) is 17.9. The second kappa shape index (κ2) is 15.6. The number of aliphatic hydroxyl groups is 1. The Bertz CT molecular complexity index is 1140. The first-order chi connectivity index (χ1) is 22.4. The minimum Gasteiger partial charge on any atom is -0.458 e. The Morgan fingerprint density at radius 2 is 1.75 bits per heavy atom. The predicted molar refractivity (Wildman–Crippen MR) is 179 cm³/mol. The third-order valence-electron chi connectivity index (χ3n) is 11.4. The standard InChI is InChI=1S/C35H62N4O9/c1-12-26-35(8)29(38-33(43)48-35)22(6)36-16-18(2)15-34(7,44-11)30(20(4)27(40)21(5)31(42)46-26)47-32-28(41)25(39(9)10)14-23(45-32)17-37-24-13-19(24)3/h18-26,28-30,32,36-37,41H,12-17H2,1-11H3,(H,38,43)/t18-,19?,20+,21?,22-,23?,24-,25?,26-,28?,29-,30-,32?,34-,35-/m1/s1. The van der Waals surface area contributed by atoms with Crippen LogP contribution in [0.5, 0.6) is 0 Å². The van der Waals surface area contributed by atoms with Gasteiger partial charge in [0, 0.05) is 37.7 Å². The van der Waals surface area contributed by atoms with Crippen LogP contribution in [0.2, 0.25) is 0 Å². The Balaban J connectivity index is 1.66. The molecule has 3 aliphatic heterocycles. The number of hydrogen-bond donors (Lipinski definition) is 4. The van der Waals surface area contributed by atoms with E-state index in [1.807, 2.05) is 39.8 Å². The summed E-state index contributed by atoms with van der Waals surface area (Å²) >= 11 is 0. The zero-order valence-electron chi connectivity index (χ0n) is 30.9. The third kappa shape index (κ3) is 8.35. The van der Waals surface area contributed by atoms with Crippen molar-refractivity contribution in [1.82, 2.24) is 20.9 Å². The highest BCUT2D eigenvalue weighted by Gasteiger charge is 2.55. The molecule has 4 fully saturated rings. The molecule has 1 amide bonds. The number of ether oxygens (including phenoxy) is 5. The number of hydrogen-bond acceptors (Lipinski definition) is 12. The number of amides is 1. The second-order valence-electron chi connectivity index (χ2n) is 15.6. The largest absolute Gasteiger partial charge is 0.458 e.